The SMILES string of the molecule is N#CCCCCOc1c(F)cccc1F. The van der Waals surface area contributed by atoms with E-state index in [9.17, 15) is 8.78 Å². The van der Waals surface area contributed by atoms with Crippen molar-refractivity contribution in [2.24, 2.45) is 0 Å². The molecule has 0 radical (unpaired) electrons. The van der Waals surface area contributed by atoms with Crippen LogP contribution in [0.1, 0.15) is 19.3 Å². The van der Waals surface area contributed by atoms with E-state index in [1.54, 1.807) is 0 Å². The third-order valence-corrected chi connectivity index (χ3v) is 1.85. The molecule has 80 valence electrons. The number of benzene rings is 1. The van der Waals surface area contributed by atoms with Crippen molar-refractivity contribution < 1.29 is 13.5 Å². The van der Waals surface area contributed by atoms with Gasteiger partial charge in [0.05, 0.1) is 12.7 Å². The van der Waals surface area contributed by atoms with E-state index in [-0.39, 0.29) is 12.4 Å². The molecule has 0 fully saturated rings. The topological polar surface area (TPSA) is 33.0 Å². The van der Waals surface area contributed by atoms with Gasteiger partial charge in [0.25, 0.3) is 0 Å². The zero-order chi connectivity index (χ0) is 11.1. The fourth-order valence-electron chi connectivity index (χ4n) is 1.10. The summed E-state index contributed by atoms with van der Waals surface area (Å²) in [5.74, 6) is -1.74. The molecule has 0 unspecified atom stereocenters. The van der Waals surface area contributed by atoms with Crippen LogP contribution in [0.3, 0.4) is 0 Å². The average molecular weight is 211 g/mol. The number of ether oxygens (including phenoxy) is 1. The van der Waals surface area contributed by atoms with Gasteiger partial charge in [0.2, 0.25) is 0 Å². The Bertz CT molecular complexity index is 340. The van der Waals surface area contributed by atoms with E-state index in [1.807, 2.05) is 6.07 Å². The van der Waals surface area contributed by atoms with Crippen molar-refractivity contribution in [3.63, 3.8) is 0 Å². The molecule has 2 nitrogen and oxygen atoms in total. The molecule has 0 aromatic heterocycles. The Balaban J connectivity index is 2.41. The molecule has 0 aliphatic rings. The lowest BCUT2D eigenvalue weighted by Crippen LogP contribution is -2.01. The van der Waals surface area contributed by atoms with Gasteiger partial charge in [-0.2, -0.15) is 5.26 Å². The molecule has 0 spiro atoms. The highest BCUT2D eigenvalue weighted by Crippen LogP contribution is 2.20. The van der Waals surface area contributed by atoms with Crippen molar-refractivity contribution in [3.8, 4) is 11.8 Å². The predicted octanol–water partition coefficient (Wildman–Crippen LogP) is 3.04. The van der Waals surface area contributed by atoms with Crippen LogP contribution in [0.15, 0.2) is 18.2 Å². The summed E-state index contributed by atoms with van der Waals surface area (Å²) in [4.78, 5) is 0. The van der Waals surface area contributed by atoms with E-state index in [0.717, 1.165) is 12.1 Å². The lowest BCUT2D eigenvalue weighted by Gasteiger charge is -2.06. The Morgan fingerprint density at radius 1 is 1.20 bits per heavy atom. The van der Waals surface area contributed by atoms with Crippen LogP contribution in [0.5, 0.6) is 5.75 Å². The van der Waals surface area contributed by atoms with Crippen molar-refractivity contribution in [2.75, 3.05) is 6.61 Å². The molecule has 0 aliphatic carbocycles. The molecule has 4 heteroatoms. The van der Waals surface area contributed by atoms with Crippen molar-refractivity contribution in [3.05, 3.63) is 29.8 Å². The first-order valence-corrected chi connectivity index (χ1v) is 4.69. The number of unbranched alkanes of at least 4 members (excludes halogenated alkanes) is 2. The lowest BCUT2D eigenvalue weighted by molar-refractivity contribution is 0.277. The summed E-state index contributed by atoms with van der Waals surface area (Å²) in [5.41, 5.74) is 0. The Hall–Kier alpha value is -1.63. The number of nitriles is 1. The minimum atomic E-state index is -0.699. The van der Waals surface area contributed by atoms with Crippen molar-refractivity contribution in [2.45, 2.75) is 19.3 Å². The molecule has 15 heavy (non-hydrogen) atoms. The fraction of sp³-hybridized carbons (Fsp3) is 0.364. The molecule has 0 saturated carbocycles. The molecule has 0 saturated heterocycles. The second-order valence-electron chi connectivity index (χ2n) is 3.01. The minimum Gasteiger partial charge on any atom is -0.488 e. The van der Waals surface area contributed by atoms with Gasteiger partial charge in [-0.25, -0.2) is 8.78 Å². The molecule has 1 aromatic rings. The number of nitrogens with zero attached hydrogens (tertiary/aromatic N) is 1. The van der Waals surface area contributed by atoms with Crippen molar-refractivity contribution >= 4 is 0 Å². The van der Waals surface area contributed by atoms with Crippen LogP contribution in [0.25, 0.3) is 0 Å². The maximum atomic E-state index is 13.0. The smallest absolute Gasteiger partial charge is 0.190 e. The van der Waals surface area contributed by atoms with Crippen LogP contribution < -0.4 is 4.74 Å². The molecule has 0 amide bonds. The largest absolute Gasteiger partial charge is 0.488 e. The molecule has 0 bridgehead atoms. The third kappa shape index (κ3) is 3.55. The van der Waals surface area contributed by atoms with Crippen LogP contribution in [0.4, 0.5) is 8.78 Å². The Morgan fingerprint density at radius 3 is 2.47 bits per heavy atom. The normalized spacial score (nSPS) is 9.67. The van der Waals surface area contributed by atoms with Gasteiger partial charge >= 0.3 is 0 Å². The maximum absolute atomic E-state index is 13.0. The van der Waals surface area contributed by atoms with Crippen LogP contribution in [0.2, 0.25) is 0 Å². The number of hydrogen-bond acceptors (Lipinski definition) is 2. The molecule has 0 heterocycles. The molecule has 1 aromatic carbocycles. The zero-order valence-corrected chi connectivity index (χ0v) is 8.17. The Kier molecular flexibility index (Phi) is 4.55. The zero-order valence-electron chi connectivity index (χ0n) is 8.17. The lowest BCUT2D eigenvalue weighted by atomic mass is 10.2. The van der Waals surface area contributed by atoms with Gasteiger partial charge in [0.1, 0.15) is 0 Å². The van der Waals surface area contributed by atoms with Gasteiger partial charge in [-0.3, -0.25) is 0 Å². The number of halogens is 2. The standard InChI is InChI=1S/C11H11F2NO/c12-9-5-4-6-10(13)11(9)15-8-3-1-2-7-14/h4-6H,1-3,8H2. The van der Waals surface area contributed by atoms with Crippen molar-refractivity contribution in [1.29, 1.82) is 5.26 Å². The third-order valence-electron chi connectivity index (χ3n) is 1.85. The second kappa shape index (κ2) is 5.97. The first-order chi connectivity index (χ1) is 7.25. The summed E-state index contributed by atoms with van der Waals surface area (Å²) >= 11 is 0. The number of rotatable bonds is 5. The summed E-state index contributed by atoms with van der Waals surface area (Å²) in [6.45, 7) is 0.222. The molecule has 0 atom stereocenters. The van der Waals surface area contributed by atoms with Crippen LogP contribution in [-0.2, 0) is 0 Å². The van der Waals surface area contributed by atoms with Gasteiger partial charge in [0, 0.05) is 6.42 Å². The summed E-state index contributed by atoms with van der Waals surface area (Å²) in [6, 6.07) is 5.56. The quantitative estimate of drug-likeness (QED) is 0.701. The van der Waals surface area contributed by atoms with E-state index in [4.69, 9.17) is 10.00 Å². The molecular formula is C11H11F2NO. The Labute approximate surface area is 87.1 Å². The summed E-state index contributed by atoms with van der Waals surface area (Å²) in [5, 5.41) is 8.26. The predicted molar refractivity (Wildman–Crippen MR) is 51.3 cm³/mol. The van der Waals surface area contributed by atoms with E-state index >= 15 is 0 Å². The van der Waals surface area contributed by atoms with Gasteiger partial charge in [-0.05, 0) is 25.0 Å². The average Bonchev–Trinajstić information content (AvgIpc) is 2.21. The summed E-state index contributed by atoms with van der Waals surface area (Å²) in [7, 11) is 0. The van der Waals surface area contributed by atoms with Crippen LogP contribution in [0, 0.1) is 23.0 Å². The fourth-order valence-corrected chi connectivity index (χ4v) is 1.10. The number of hydrogen-bond donors (Lipinski definition) is 0. The maximum Gasteiger partial charge on any atom is 0.190 e. The van der Waals surface area contributed by atoms with E-state index in [0.29, 0.717) is 19.3 Å². The first kappa shape index (κ1) is 11.4. The van der Waals surface area contributed by atoms with Crippen molar-refractivity contribution in [1.82, 2.24) is 0 Å². The molecule has 0 aliphatic heterocycles. The molecule has 0 N–H and O–H groups in total. The Morgan fingerprint density at radius 2 is 1.87 bits per heavy atom. The van der Waals surface area contributed by atoms with Gasteiger partial charge < -0.3 is 4.74 Å². The first-order valence-electron chi connectivity index (χ1n) is 4.69. The van der Waals surface area contributed by atoms with Crippen LogP contribution >= 0.6 is 0 Å². The van der Waals surface area contributed by atoms with Crippen LogP contribution in [-0.4, -0.2) is 6.61 Å². The second-order valence-corrected chi connectivity index (χ2v) is 3.01. The monoisotopic (exact) mass is 211 g/mol. The number of para-hydroxylation sites is 1. The highest BCUT2D eigenvalue weighted by atomic mass is 19.1. The van der Waals surface area contributed by atoms with E-state index < -0.39 is 11.6 Å². The van der Waals surface area contributed by atoms with Gasteiger partial charge in [0.15, 0.2) is 17.4 Å². The van der Waals surface area contributed by atoms with E-state index in [2.05, 4.69) is 0 Å². The summed E-state index contributed by atoms with van der Waals surface area (Å²) in [6.07, 6.45) is 1.72. The summed E-state index contributed by atoms with van der Waals surface area (Å²) < 4.78 is 31.0. The minimum absolute atomic E-state index is 0.222. The van der Waals surface area contributed by atoms with E-state index in [1.165, 1.54) is 6.07 Å². The van der Waals surface area contributed by atoms with Gasteiger partial charge in [-0.15, -0.1) is 0 Å². The highest BCUT2D eigenvalue weighted by Gasteiger charge is 2.08. The van der Waals surface area contributed by atoms with Gasteiger partial charge in [-0.1, -0.05) is 6.07 Å². The molecule has 1 rings (SSSR count). The highest BCUT2D eigenvalue weighted by molar-refractivity contribution is 5.25. The molecular weight excluding hydrogens is 200 g/mol.